The lowest BCUT2D eigenvalue weighted by atomic mass is 10.0. The van der Waals surface area contributed by atoms with Gasteiger partial charge in [-0.25, -0.2) is 4.79 Å². The molecule has 2 aromatic rings. The van der Waals surface area contributed by atoms with Gasteiger partial charge in [0.05, 0.1) is 26.9 Å². The van der Waals surface area contributed by atoms with Crippen LogP contribution in [0.5, 0.6) is 23.0 Å². The molecule has 29 heavy (non-hydrogen) atoms. The van der Waals surface area contributed by atoms with Gasteiger partial charge in [-0.1, -0.05) is 12.1 Å². The summed E-state index contributed by atoms with van der Waals surface area (Å²) in [6.45, 7) is 0. The molecule has 8 heteroatoms. The molecule has 2 aromatic carbocycles. The van der Waals surface area contributed by atoms with Crippen LogP contribution in [-0.4, -0.2) is 56.6 Å². The topological polar surface area (TPSA) is 77.5 Å². The zero-order chi connectivity index (χ0) is 21.6. The second-order valence-electron chi connectivity index (χ2n) is 6.11. The second kappa shape index (κ2) is 9.79. The predicted molar refractivity (Wildman–Crippen MR) is 115 cm³/mol. The highest BCUT2D eigenvalue weighted by atomic mass is 32.1. The van der Waals surface area contributed by atoms with E-state index in [1.165, 1.54) is 27.4 Å². The molecule has 0 spiro atoms. The predicted octanol–water partition coefficient (Wildman–Crippen LogP) is 3.56. The molecular formula is C21H23NO6S. The maximum atomic E-state index is 11.9. The minimum atomic E-state index is -1.08. The summed E-state index contributed by atoms with van der Waals surface area (Å²) in [5.74, 6) is 0.505. The molecule has 7 nitrogen and oxygen atoms in total. The summed E-state index contributed by atoms with van der Waals surface area (Å²) in [5, 5.41) is 9.95. The number of carboxylic acids is 1. The first-order chi connectivity index (χ1) is 13.8. The Labute approximate surface area is 175 Å². The first-order valence-electron chi connectivity index (χ1n) is 8.55. The minimum absolute atomic E-state index is 0.0884. The van der Waals surface area contributed by atoms with Gasteiger partial charge in [0.2, 0.25) is 5.75 Å². The molecule has 0 aromatic heterocycles. The number of methoxy groups -OCH3 is 3. The van der Waals surface area contributed by atoms with Crippen molar-refractivity contribution in [3.63, 3.8) is 0 Å². The van der Waals surface area contributed by atoms with Crippen LogP contribution in [-0.2, 0) is 4.79 Å². The van der Waals surface area contributed by atoms with Crippen LogP contribution in [0.15, 0.2) is 36.4 Å². The number of ether oxygens (including phenoxy) is 4. The van der Waals surface area contributed by atoms with Crippen molar-refractivity contribution in [2.45, 2.75) is 0 Å². The molecule has 0 unspecified atom stereocenters. The second-order valence-corrected chi connectivity index (χ2v) is 6.46. The Kier molecular flexibility index (Phi) is 7.44. The number of nitrogens with zero attached hydrogens (tertiary/aromatic N) is 1. The van der Waals surface area contributed by atoms with Gasteiger partial charge in [-0.05, 0) is 53.7 Å². The van der Waals surface area contributed by atoms with E-state index in [1.807, 2.05) is 0 Å². The molecule has 2 rings (SSSR count). The number of hydrogen-bond donors (Lipinski definition) is 1. The van der Waals surface area contributed by atoms with Gasteiger partial charge in [0, 0.05) is 14.1 Å². The minimum Gasteiger partial charge on any atom is -0.497 e. The molecule has 0 radical (unpaired) electrons. The summed E-state index contributed by atoms with van der Waals surface area (Å²) in [4.78, 5) is 13.5. The van der Waals surface area contributed by atoms with Crippen LogP contribution in [0.1, 0.15) is 11.1 Å². The lowest BCUT2D eigenvalue weighted by Crippen LogP contribution is -2.25. The van der Waals surface area contributed by atoms with Crippen LogP contribution in [0.3, 0.4) is 0 Å². The smallest absolute Gasteiger partial charge is 0.336 e. The van der Waals surface area contributed by atoms with E-state index in [4.69, 9.17) is 31.2 Å². The van der Waals surface area contributed by atoms with Crippen LogP contribution >= 0.6 is 12.2 Å². The molecule has 1 N–H and O–H groups in total. The fourth-order valence-corrected chi connectivity index (χ4v) is 2.57. The Bertz CT molecular complexity index is 914. The van der Waals surface area contributed by atoms with E-state index >= 15 is 0 Å². The summed E-state index contributed by atoms with van der Waals surface area (Å²) in [7, 11) is 8.00. The Morgan fingerprint density at radius 3 is 2.14 bits per heavy atom. The van der Waals surface area contributed by atoms with Crippen LogP contribution in [0.4, 0.5) is 0 Å². The Balaban J connectivity index is 2.57. The lowest BCUT2D eigenvalue weighted by Gasteiger charge is -2.18. The van der Waals surface area contributed by atoms with Gasteiger partial charge in [0.15, 0.2) is 11.5 Å². The third kappa shape index (κ3) is 5.39. The fourth-order valence-electron chi connectivity index (χ4n) is 2.49. The monoisotopic (exact) mass is 417 g/mol. The van der Waals surface area contributed by atoms with E-state index in [9.17, 15) is 9.90 Å². The van der Waals surface area contributed by atoms with Crippen molar-refractivity contribution in [3.05, 3.63) is 47.5 Å². The van der Waals surface area contributed by atoms with Crippen LogP contribution in [0.25, 0.3) is 11.6 Å². The normalized spacial score (nSPS) is 10.9. The third-order valence-corrected chi connectivity index (χ3v) is 4.41. The number of carbonyl (C=O) groups is 1. The summed E-state index contributed by atoms with van der Waals surface area (Å²) >= 11 is 5.19. The zero-order valence-electron chi connectivity index (χ0n) is 16.9. The van der Waals surface area contributed by atoms with E-state index in [1.54, 1.807) is 55.4 Å². The highest BCUT2D eigenvalue weighted by Crippen LogP contribution is 2.40. The van der Waals surface area contributed by atoms with Crippen LogP contribution < -0.4 is 18.9 Å². The van der Waals surface area contributed by atoms with Gasteiger partial charge in [0.1, 0.15) is 5.75 Å². The summed E-state index contributed by atoms with van der Waals surface area (Å²) in [6, 6.07) is 10.1. The van der Waals surface area contributed by atoms with E-state index < -0.39 is 5.97 Å². The first-order valence-corrected chi connectivity index (χ1v) is 8.96. The number of hydrogen-bond acceptors (Lipinski definition) is 6. The van der Waals surface area contributed by atoms with E-state index in [-0.39, 0.29) is 10.7 Å². The van der Waals surface area contributed by atoms with Gasteiger partial charge < -0.3 is 29.0 Å². The van der Waals surface area contributed by atoms with Gasteiger partial charge in [-0.3, -0.25) is 0 Å². The Hall–Kier alpha value is -3.26. The molecule has 0 aliphatic rings. The largest absolute Gasteiger partial charge is 0.497 e. The summed E-state index contributed by atoms with van der Waals surface area (Å²) in [5.41, 5.74) is 1.15. The Morgan fingerprint density at radius 2 is 1.66 bits per heavy atom. The molecule has 154 valence electrons. The highest BCUT2D eigenvalue weighted by molar-refractivity contribution is 7.80. The quantitative estimate of drug-likeness (QED) is 0.416. The maximum Gasteiger partial charge on any atom is 0.336 e. The van der Waals surface area contributed by atoms with Crippen molar-refractivity contribution < 1.29 is 28.8 Å². The lowest BCUT2D eigenvalue weighted by molar-refractivity contribution is -0.130. The van der Waals surface area contributed by atoms with Crippen LogP contribution in [0.2, 0.25) is 0 Å². The van der Waals surface area contributed by atoms with E-state index in [0.717, 1.165) is 0 Å². The number of rotatable bonds is 7. The number of aliphatic carboxylic acids is 1. The highest BCUT2D eigenvalue weighted by Gasteiger charge is 2.18. The standard InChI is InChI=1S/C21H23NO6S/c1-22(2)21(29)28-19-17(26-4)10-13(11-18(19)27-5)9-16(20(23)24)14-7-6-8-15(12-14)25-3/h6-12H,1-5H3,(H,23,24)/b16-9+. The van der Waals surface area contributed by atoms with Crippen molar-refractivity contribution in [2.24, 2.45) is 0 Å². The van der Waals surface area contributed by atoms with Crippen molar-refractivity contribution in [2.75, 3.05) is 35.4 Å². The first kappa shape index (κ1) is 22.0. The molecule has 0 fully saturated rings. The molecule has 0 saturated heterocycles. The maximum absolute atomic E-state index is 11.9. The molecule has 0 bridgehead atoms. The molecular weight excluding hydrogens is 394 g/mol. The zero-order valence-corrected chi connectivity index (χ0v) is 17.7. The van der Waals surface area contributed by atoms with Gasteiger partial charge in [-0.2, -0.15) is 0 Å². The van der Waals surface area contributed by atoms with Crippen molar-refractivity contribution in [3.8, 4) is 23.0 Å². The number of thiocarbonyl (C=S) groups is 1. The molecule has 0 atom stereocenters. The SMILES string of the molecule is COc1cccc(/C(=C\c2cc(OC)c(OC(=S)N(C)C)c(OC)c2)C(=O)O)c1. The molecule has 0 aliphatic heterocycles. The van der Waals surface area contributed by atoms with Gasteiger partial charge >= 0.3 is 5.97 Å². The number of benzene rings is 2. The van der Waals surface area contributed by atoms with Crippen molar-refractivity contribution in [1.82, 2.24) is 4.90 Å². The van der Waals surface area contributed by atoms with E-state index in [2.05, 4.69) is 0 Å². The third-order valence-electron chi connectivity index (χ3n) is 3.96. The molecule has 0 aliphatic carbocycles. The Morgan fingerprint density at radius 1 is 1.03 bits per heavy atom. The molecule has 0 saturated carbocycles. The van der Waals surface area contributed by atoms with E-state index in [0.29, 0.717) is 34.1 Å². The molecule has 0 heterocycles. The van der Waals surface area contributed by atoms with Crippen molar-refractivity contribution in [1.29, 1.82) is 0 Å². The molecule has 0 amide bonds. The summed E-state index contributed by atoms with van der Waals surface area (Å²) in [6.07, 6.45) is 1.52. The average molecular weight is 417 g/mol. The average Bonchev–Trinajstić information content (AvgIpc) is 2.71. The fraction of sp³-hybridized carbons (Fsp3) is 0.238. The number of carboxylic acid groups (broad SMARTS) is 1. The van der Waals surface area contributed by atoms with Crippen LogP contribution in [0, 0.1) is 0 Å². The summed E-state index contributed by atoms with van der Waals surface area (Å²) < 4.78 is 21.7. The van der Waals surface area contributed by atoms with Crippen molar-refractivity contribution >= 4 is 35.0 Å². The van der Waals surface area contributed by atoms with Gasteiger partial charge in [0.25, 0.3) is 5.17 Å². The van der Waals surface area contributed by atoms with Gasteiger partial charge in [-0.15, -0.1) is 0 Å².